The maximum Gasteiger partial charge on any atom is 0.335 e. The van der Waals surface area contributed by atoms with Gasteiger partial charge in [-0.2, -0.15) is 0 Å². The second-order valence-electron chi connectivity index (χ2n) is 7.60. The molecule has 1 N–H and O–H groups in total. The molecule has 0 spiro atoms. The van der Waals surface area contributed by atoms with Gasteiger partial charge in [0, 0.05) is 22.2 Å². The number of hydrogen-bond acceptors (Lipinski definition) is 5. The first-order chi connectivity index (χ1) is 15.9. The van der Waals surface area contributed by atoms with E-state index in [9.17, 15) is 9.90 Å². The molecule has 0 fully saturated rings. The summed E-state index contributed by atoms with van der Waals surface area (Å²) >= 11 is 14.4. The molecule has 166 valence electrons. The normalized spacial score (nSPS) is 17.7. The quantitative estimate of drug-likeness (QED) is 0.422. The van der Waals surface area contributed by atoms with E-state index in [1.54, 1.807) is 32.2 Å². The minimum absolute atomic E-state index is 0.191. The van der Waals surface area contributed by atoms with Gasteiger partial charge in [0.2, 0.25) is 0 Å². The lowest BCUT2D eigenvalue weighted by Gasteiger charge is -2.34. The summed E-state index contributed by atoms with van der Waals surface area (Å²) in [5.74, 6) is -0.424. The van der Waals surface area contributed by atoms with Crippen molar-refractivity contribution in [3.8, 4) is 5.75 Å². The van der Waals surface area contributed by atoms with E-state index in [1.165, 1.54) is 11.8 Å². The van der Waals surface area contributed by atoms with Crippen LogP contribution in [0.15, 0.2) is 77.1 Å². The van der Waals surface area contributed by atoms with Crippen LogP contribution in [0.2, 0.25) is 10.0 Å². The molecule has 3 aromatic rings. The van der Waals surface area contributed by atoms with Gasteiger partial charge in [0.25, 0.3) is 0 Å². The lowest BCUT2D eigenvalue weighted by Crippen LogP contribution is -2.33. The van der Waals surface area contributed by atoms with Gasteiger partial charge < -0.3 is 14.7 Å². The Morgan fingerprint density at radius 2 is 1.82 bits per heavy atom. The van der Waals surface area contributed by atoms with Crippen LogP contribution in [-0.4, -0.2) is 28.3 Å². The number of fused-ring (bicyclic) bond motifs is 2. The van der Waals surface area contributed by atoms with Crippen molar-refractivity contribution in [2.45, 2.75) is 13.0 Å². The molecule has 1 unspecified atom stereocenters. The maximum atomic E-state index is 12.5. The molecule has 0 amide bonds. The van der Waals surface area contributed by atoms with Crippen LogP contribution in [-0.2, 0) is 4.79 Å². The molecular weight excluding hydrogens is 479 g/mol. The Morgan fingerprint density at radius 3 is 2.52 bits per heavy atom. The van der Waals surface area contributed by atoms with Crippen molar-refractivity contribution in [3.05, 3.63) is 93.2 Å². The average molecular weight is 497 g/mol. The number of thioether (sulfide) groups is 1. The molecule has 2 aliphatic heterocycles. The third-order valence-corrected chi connectivity index (χ3v) is 7.39. The topological polar surface area (TPSA) is 62.1 Å². The fraction of sp³-hybridized carbons (Fsp3) is 0.120. The Bertz CT molecular complexity index is 1390. The molecule has 0 aromatic heterocycles. The Balaban J connectivity index is 1.77. The molecule has 2 aliphatic rings. The van der Waals surface area contributed by atoms with Crippen LogP contribution in [0.5, 0.6) is 5.75 Å². The molecule has 1 atom stereocenters. The van der Waals surface area contributed by atoms with E-state index in [4.69, 9.17) is 27.9 Å². The summed E-state index contributed by atoms with van der Waals surface area (Å²) in [5, 5.41) is 13.8. The number of halogens is 2. The monoisotopic (exact) mass is 496 g/mol. The van der Waals surface area contributed by atoms with Crippen LogP contribution in [0.3, 0.4) is 0 Å². The fourth-order valence-corrected chi connectivity index (χ4v) is 6.15. The summed E-state index contributed by atoms with van der Waals surface area (Å²) in [6.45, 7) is 1.72. The number of methoxy groups -OCH3 is 1. The highest BCUT2D eigenvalue weighted by Crippen LogP contribution is 2.51. The van der Waals surface area contributed by atoms with Gasteiger partial charge in [0.15, 0.2) is 5.17 Å². The molecule has 2 heterocycles. The number of benzene rings is 3. The second-order valence-corrected chi connectivity index (χ2v) is 9.43. The van der Waals surface area contributed by atoms with Gasteiger partial charge in [-0.1, -0.05) is 59.6 Å². The van der Waals surface area contributed by atoms with Crippen molar-refractivity contribution < 1.29 is 14.6 Å². The van der Waals surface area contributed by atoms with E-state index >= 15 is 0 Å². The average Bonchev–Trinajstić information content (AvgIpc) is 3.20. The standard InChI is InChI=1S/C25H18Cl2N2O3S/c1-13-20(24(30)31)23(21-15-7-4-3-6-14(15)10-11-18(21)32-2)29-12-19(33-25(29)28-13)22-16(26)8-5-9-17(22)27/h3-12,23H,1-2H3,(H,30,31). The molecule has 0 aliphatic carbocycles. The van der Waals surface area contributed by atoms with Gasteiger partial charge in [-0.05, 0) is 47.7 Å². The van der Waals surface area contributed by atoms with Crippen molar-refractivity contribution in [2.75, 3.05) is 7.11 Å². The number of carboxylic acids is 1. The molecule has 0 bridgehead atoms. The maximum absolute atomic E-state index is 12.5. The highest BCUT2D eigenvalue weighted by Gasteiger charge is 2.41. The second kappa shape index (κ2) is 8.45. The predicted octanol–water partition coefficient (Wildman–Crippen LogP) is 6.97. The van der Waals surface area contributed by atoms with Gasteiger partial charge in [0.05, 0.1) is 34.5 Å². The first-order valence-electron chi connectivity index (χ1n) is 10.1. The lowest BCUT2D eigenvalue weighted by molar-refractivity contribution is -0.133. The van der Waals surface area contributed by atoms with Crippen LogP contribution < -0.4 is 4.74 Å². The van der Waals surface area contributed by atoms with Gasteiger partial charge in [-0.25, -0.2) is 9.79 Å². The van der Waals surface area contributed by atoms with Gasteiger partial charge in [0.1, 0.15) is 5.75 Å². The van der Waals surface area contributed by atoms with Crippen LogP contribution in [0.1, 0.15) is 24.1 Å². The van der Waals surface area contributed by atoms with Gasteiger partial charge in [-0.3, -0.25) is 0 Å². The number of carbonyl (C=O) groups is 1. The number of carboxylic acid groups (broad SMARTS) is 1. The number of ether oxygens (including phenoxy) is 1. The van der Waals surface area contributed by atoms with E-state index in [1.807, 2.05) is 47.5 Å². The summed E-state index contributed by atoms with van der Waals surface area (Å²) in [5.41, 5.74) is 2.10. The Morgan fingerprint density at radius 1 is 1.09 bits per heavy atom. The molecule has 5 nitrogen and oxygen atoms in total. The van der Waals surface area contributed by atoms with E-state index in [2.05, 4.69) is 4.99 Å². The summed E-state index contributed by atoms with van der Waals surface area (Å²) in [6, 6.07) is 16.4. The first kappa shape index (κ1) is 21.9. The third-order valence-electron chi connectivity index (χ3n) is 5.75. The number of nitrogens with zero attached hydrogens (tertiary/aromatic N) is 2. The fourth-order valence-electron chi connectivity index (χ4n) is 4.30. The van der Waals surface area contributed by atoms with Crippen LogP contribution in [0.4, 0.5) is 0 Å². The number of hydrogen-bond donors (Lipinski definition) is 1. The van der Waals surface area contributed by atoms with Crippen LogP contribution >= 0.6 is 35.0 Å². The summed E-state index contributed by atoms with van der Waals surface area (Å²) in [4.78, 5) is 19.8. The van der Waals surface area contributed by atoms with Crippen molar-refractivity contribution in [1.29, 1.82) is 0 Å². The smallest absolute Gasteiger partial charge is 0.335 e. The van der Waals surface area contributed by atoms with Gasteiger partial charge >= 0.3 is 5.97 Å². The van der Waals surface area contributed by atoms with Crippen LogP contribution in [0.25, 0.3) is 15.7 Å². The summed E-state index contributed by atoms with van der Waals surface area (Å²) < 4.78 is 5.72. The van der Waals surface area contributed by atoms with E-state index in [-0.39, 0.29) is 5.57 Å². The zero-order valence-electron chi connectivity index (χ0n) is 17.7. The molecule has 3 aromatic carbocycles. The highest BCUT2D eigenvalue weighted by molar-refractivity contribution is 8.22. The molecule has 0 saturated heterocycles. The number of rotatable bonds is 4. The predicted molar refractivity (Wildman–Crippen MR) is 135 cm³/mol. The Labute approximate surface area is 205 Å². The first-order valence-corrected chi connectivity index (χ1v) is 11.7. The largest absolute Gasteiger partial charge is 0.496 e. The molecular formula is C25H18Cl2N2O3S. The van der Waals surface area contributed by atoms with Gasteiger partial charge in [-0.15, -0.1) is 0 Å². The molecule has 0 saturated carbocycles. The molecule has 5 rings (SSSR count). The zero-order chi connectivity index (χ0) is 23.3. The van der Waals surface area contributed by atoms with E-state index in [0.717, 1.165) is 21.2 Å². The van der Waals surface area contributed by atoms with E-state index < -0.39 is 12.0 Å². The molecule has 33 heavy (non-hydrogen) atoms. The minimum atomic E-state index is -1.03. The summed E-state index contributed by atoms with van der Waals surface area (Å²) in [6.07, 6.45) is 1.87. The lowest BCUT2D eigenvalue weighted by atomic mass is 9.90. The molecule has 0 radical (unpaired) electrons. The number of aliphatic imine (C=N–C) groups is 1. The highest BCUT2D eigenvalue weighted by atomic mass is 35.5. The van der Waals surface area contributed by atoms with Crippen LogP contribution in [0, 0.1) is 0 Å². The zero-order valence-corrected chi connectivity index (χ0v) is 20.0. The Kier molecular flexibility index (Phi) is 5.60. The number of amidine groups is 1. The summed E-state index contributed by atoms with van der Waals surface area (Å²) in [7, 11) is 1.59. The van der Waals surface area contributed by atoms with Crippen molar-refractivity contribution in [3.63, 3.8) is 0 Å². The number of aliphatic carboxylic acids is 1. The van der Waals surface area contributed by atoms with Crippen molar-refractivity contribution >= 4 is 61.8 Å². The SMILES string of the molecule is COc1ccc2ccccc2c1C1C(C(=O)O)=C(C)N=C2SC(c3c(Cl)cccc3Cl)=CN21. The third kappa shape index (κ3) is 3.59. The Hall–Kier alpha value is -2.93. The van der Waals surface area contributed by atoms with Crippen molar-refractivity contribution in [2.24, 2.45) is 4.99 Å². The molecule has 8 heteroatoms. The minimum Gasteiger partial charge on any atom is -0.496 e. The number of allylic oxidation sites excluding steroid dienone is 1. The van der Waals surface area contributed by atoms with E-state index in [0.29, 0.717) is 32.2 Å². The van der Waals surface area contributed by atoms with Crippen molar-refractivity contribution in [1.82, 2.24) is 4.90 Å².